The number of para-hydroxylation sites is 10. The minimum absolute atomic E-state index is 0.487. The molecule has 7 heteroatoms. The van der Waals surface area contributed by atoms with Crippen LogP contribution in [0, 0.1) is 0 Å². The topological polar surface area (TPSA) is 58.6 Å². The molecular formula is C60H36N6O. The molecule has 0 N–H and O–H groups in total. The van der Waals surface area contributed by atoms with E-state index in [-0.39, 0.29) is 0 Å². The first-order chi connectivity index (χ1) is 33.3. The Hall–Kier alpha value is -9.20. The highest BCUT2D eigenvalue weighted by Gasteiger charge is 2.34. The van der Waals surface area contributed by atoms with E-state index in [0.29, 0.717) is 11.5 Å². The van der Waals surface area contributed by atoms with Gasteiger partial charge in [-0.25, -0.2) is 9.97 Å². The van der Waals surface area contributed by atoms with Crippen LogP contribution in [-0.4, -0.2) is 28.2 Å². The maximum atomic E-state index is 7.19. The standard InChI is InChI=1S/C60H36N6O/c1-10-28-46-37(19-1)38-20-2-11-29-47(38)63(46)56-55(60-61-45-27-9-18-36-54(45)67-60)57(64-48-30-12-3-21-39(48)40-22-4-13-31-49(40)64)59(66-52-34-16-7-25-43(52)44-26-8-17-35-53(44)66)62-58(56)65-50-32-14-5-23-41(50)42-24-6-15-33-51(42)65/h1-36H. The van der Waals surface area contributed by atoms with Crippen LogP contribution in [0.1, 0.15) is 0 Å². The second kappa shape index (κ2) is 13.7. The lowest BCUT2D eigenvalue weighted by Gasteiger charge is -2.25. The molecule has 0 bridgehead atoms. The monoisotopic (exact) mass is 856 g/mol. The quantitative estimate of drug-likeness (QED) is 0.173. The van der Waals surface area contributed by atoms with E-state index in [2.05, 4.69) is 212 Å². The van der Waals surface area contributed by atoms with Crippen molar-refractivity contribution in [1.29, 1.82) is 0 Å². The van der Waals surface area contributed by atoms with Gasteiger partial charge in [-0.3, -0.25) is 9.13 Å². The Kier molecular flexibility index (Phi) is 7.37. The molecule has 0 fully saturated rings. The normalized spacial score (nSPS) is 12.2. The summed E-state index contributed by atoms with van der Waals surface area (Å²) in [4.78, 5) is 11.8. The van der Waals surface area contributed by atoms with E-state index in [0.717, 1.165) is 121 Å². The van der Waals surface area contributed by atoms with Crippen molar-refractivity contribution in [3.63, 3.8) is 0 Å². The van der Waals surface area contributed by atoms with Crippen molar-refractivity contribution in [2.24, 2.45) is 0 Å². The molecule has 7 nitrogen and oxygen atoms in total. The third kappa shape index (κ3) is 4.94. The molecule has 312 valence electrons. The Balaban J connectivity index is 1.29. The summed E-state index contributed by atoms with van der Waals surface area (Å²) in [6.07, 6.45) is 0. The zero-order chi connectivity index (χ0) is 43.7. The van der Waals surface area contributed by atoms with Crippen molar-refractivity contribution in [2.75, 3.05) is 0 Å². The minimum Gasteiger partial charge on any atom is -0.436 e. The molecule has 0 aliphatic heterocycles. The van der Waals surface area contributed by atoms with Crippen molar-refractivity contribution in [3.8, 4) is 34.5 Å². The number of hydrogen-bond donors (Lipinski definition) is 0. The molecule has 6 heterocycles. The molecule has 0 saturated heterocycles. The van der Waals surface area contributed by atoms with Crippen LogP contribution >= 0.6 is 0 Å². The highest BCUT2D eigenvalue weighted by molar-refractivity contribution is 6.15. The van der Waals surface area contributed by atoms with Gasteiger partial charge in [-0.15, -0.1) is 0 Å². The minimum atomic E-state index is 0.487. The van der Waals surface area contributed by atoms with E-state index < -0.39 is 0 Å². The van der Waals surface area contributed by atoms with E-state index in [1.165, 1.54) is 0 Å². The summed E-state index contributed by atoms with van der Waals surface area (Å²) >= 11 is 0. The van der Waals surface area contributed by atoms with E-state index in [4.69, 9.17) is 14.4 Å². The summed E-state index contributed by atoms with van der Waals surface area (Å²) in [5.41, 5.74) is 12.3. The highest BCUT2D eigenvalue weighted by Crippen LogP contribution is 2.49. The molecule has 15 rings (SSSR count). The average Bonchev–Trinajstić information content (AvgIpc) is 4.20. The number of hydrogen-bond acceptors (Lipinski definition) is 3. The first-order valence-corrected chi connectivity index (χ1v) is 22.7. The molecule has 0 unspecified atom stereocenters. The Morgan fingerprint density at radius 3 is 0.851 bits per heavy atom. The van der Waals surface area contributed by atoms with Gasteiger partial charge in [0, 0.05) is 43.1 Å². The van der Waals surface area contributed by atoms with Crippen LogP contribution in [0.4, 0.5) is 0 Å². The zero-order valence-corrected chi connectivity index (χ0v) is 35.9. The molecule has 67 heavy (non-hydrogen) atoms. The molecule has 0 amide bonds. The number of oxazole rings is 1. The number of benzene rings is 9. The first-order valence-electron chi connectivity index (χ1n) is 22.7. The van der Waals surface area contributed by atoms with Crippen LogP contribution in [0.2, 0.25) is 0 Å². The number of fused-ring (bicyclic) bond motifs is 13. The van der Waals surface area contributed by atoms with Gasteiger partial charge >= 0.3 is 0 Å². The highest BCUT2D eigenvalue weighted by atomic mass is 16.3. The summed E-state index contributed by atoms with van der Waals surface area (Å²) in [5.74, 6) is 1.96. The van der Waals surface area contributed by atoms with Gasteiger partial charge in [-0.2, -0.15) is 0 Å². The van der Waals surface area contributed by atoms with Gasteiger partial charge in [0.1, 0.15) is 16.9 Å². The van der Waals surface area contributed by atoms with Crippen molar-refractivity contribution in [3.05, 3.63) is 218 Å². The van der Waals surface area contributed by atoms with Gasteiger partial charge in [-0.05, 0) is 60.7 Å². The van der Waals surface area contributed by atoms with Gasteiger partial charge in [-0.1, -0.05) is 158 Å². The van der Waals surface area contributed by atoms with E-state index in [9.17, 15) is 0 Å². The molecule has 9 aromatic carbocycles. The lowest BCUT2D eigenvalue weighted by Crippen LogP contribution is -2.16. The average molecular weight is 857 g/mol. The number of rotatable bonds is 5. The third-order valence-electron chi connectivity index (χ3n) is 13.8. The summed E-state index contributed by atoms with van der Waals surface area (Å²) in [6.45, 7) is 0. The van der Waals surface area contributed by atoms with Crippen LogP contribution in [0.15, 0.2) is 223 Å². The molecule has 0 radical (unpaired) electrons. The van der Waals surface area contributed by atoms with Gasteiger partial charge in [0.15, 0.2) is 17.2 Å². The molecule has 0 aliphatic rings. The number of pyridine rings is 1. The van der Waals surface area contributed by atoms with E-state index >= 15 is 0 Å². The molecule has 0 spiro atoms. The van der Waals surface area contributed by atoms with Crippen LogP contribution in [-0.2, 0) is 0 Å². The SMILES string of the molecule is c1ccc2oc(-c3c(-n4c5ccccc5c5ccccc54)c(-n4c5ccccc5c5ccccc54)nc(-n4c5ccccc5c5ccccc54)c3-n3c4ccccc4c4ccccc43)nc2c1. The Labute approximate surface area is 382 Å². The summed E-state index contributed by atoms with van der Waals surface area (Å²) < 4.78 is 16.7. The van der Waals surface area contributed by atoms with Gasteiger partial charge in [0.05, 0.1) is 49.7 Å². The predicted octanol–water partition coefficient (Wildman–Crippen LogP) is 15.3. The Morgan fingerprint density at radius 1 is 0.269 bits per heavy atom. The predicted molar refractivity (Wildman–Crippen MR) is 275 cm³/mol. The van der Waals surface area contributed by atoms with E-state index in [1.54, 1.807) is 0 Å². The number of aromatic nitrogens is 6. The molecule has 6 aromatic heterocycles. The zero-order valence-electron chi connectivity index (χ0n) is 35.9. The Morgan fingerprint density at radius 2 is 0.537 bits per heavy atom. The molecule has 0 aliphatic carbocycles. The summed E-state index contributed by atoms with van der Waals surface area (Å²) in [5, 5.41) is 9.11. The first kappa shape index (κ1) is 36.2. The maximum absolute atomic E-state index is 7.19. The summed E-state index contributed by atoms with van der Waals surface area (Å²) in [6, 6.07) is 77.6. The molecule has 15 aromatic rings. The number of nitrogens with zero attached hydrogens (tertiary/aromatic N) is 6. The van der Waals surface area contributed by atoms with Gasteiger partial charge < -0.3 is 13.6 Å². The maximum Gasteiger partial charge on any atom is 0.231 e. The summed E-state index contributed by atoms with van der Waals surface area (Å²) in [7, 11) is 0. The van der Waals surface area contributed by atoms with E-state index in [1.807, 2.05) is 24.3 Å². The van der Waals surface area contributed by atoms with Crippen LogP contribution in [0.3, 0.4) is 0 Å². The fourth-order valence-electron chi connectivity index (χ4n) is 11.1. The van der Waals surface area contributed by atoms with Crippen molar-refractivity contribution in [2.45, 2.75) is 0 Å². The van der Waals surface area contributed by atoms with Crippen molar-refractivity contribution < 1.29 is 4.42 Å². The molecular weight excluding hydrogens is 821 g/mol. The van der Waals surface area contributed by atoms with Crippen LogP contribution in [0.5, 0.6) is 0 Å². The van der Waals surface area contributed by atoms with Crippen LogP contribution < -0.4 is 0 Å². The molecule has 0 saturated carbocycles. The largest absolute Gasteiger partial charge is 0.436 e. The second-order valence-corrected chi connectivity index (χ2v) is 17.3. The van der Waals surface area contributed by atoms with Crippen molar-refractivity contribution in [1.82, 2.24) is 28.2 Å². The smallest absolute Gasteiger partial charge is 0.231 e. The van der Waals surface area contributed by atoms with Crippen molar-refractivity contribution >= 4 is 98.3 Å². The second-order valence-electron chi connectivity index (χ2n) is 17.3. The lowest BCUT2D eigenvalue weighted by molar-refractivity contribution is 0.618. The van der Waals surface area contributed by atoms with Gasteiger partial charge in [0.2, 0.25) is 5.89 Å². The fraction of sp³-hybridized carbons (Fsp3) is 0. The molecule has 0 atom stereocenters. The van der Waals surface area contributed by atoms with Crippen LogP contribution in [0.25, 0.3) is 133 Å². The lowest BCUT2D eigenvalue weighted by atomic mass is 10.1. The van der Waals surface area contributed by atoms with Gasteiger partial charge in [0.25, 0.3) is 0 Å². The Bertz CT molecular complexity index is 4040. The third-order valence-corrected chi connectivity index (χ3v) is 13.8. The fourth-order valence-corrected chi connectivity index (χ4v) is 11.1.